The summed E-state index contributed by atoms with van der Waals surface area (Å²) in [6.07, 6.45) is 7.15. The van der Waals surface area contributed by atoms with Crippen LogP contribution in [0.2, 0.25) is 0 Å². The molecule has 0 aromatic rings. The quantitative estimate of drug-likeness (QED) is 0.671. The van der Waals surface area contributed by atoms with Gasteiger partial charge < -0.3 is 9.80 Å². The van der Waals surface area contributed by atoms with E-state index in [0.717, 1.165) is 17.9 Å². The molecule has 1 unspecified atom stereocenters. The molecule has 24 heavy (non-hydrogen) atoms. The van der Waals surface area contributed by atoms with Gasteiger partial charge in [-0.15, -0.1) is 0 Å². The average molecular weight is 336 g/mol. The van der Waals surface area contributed by atoms with E-state index in [9.17, 15) is 0 Å². The van der Waals surface area contributed by atoms with Crippen molar-refractivity contribution >= 4 is 0 Å². The van der Waals surface area contributed by atoms with Crippen molar-refractivity contribution in [3.05, 3.63) is 0 Å². The van der Waals surface area contributed by atoms with E-state index >= 15 is 0 Å². The van der Waals surface area contributed by atoms with Crippen molar-refractivity contribution in [1.82, 2.24) is 14.7 Å². The molecule has 3 nitrogen and oxygen atoms in total. The standard InChI is InChI=1S/C21H41N3/c1-5-19(4)24-12-10-22(11-13-24)15-20-6-9-23(16-20)17-21(7-8-21)14-18(2)3/h18-20H,5-17H2,1-4H3/t19?,20-/m1/s1. The lowest BCUT2D eigenvalue weighted by molar-refractivity contribution is 0.0900. The van der Waals surface area contributed by atoms with Crippen molar-refractivity contribution in [3.63, 3.8) is 0 Å². The second-order valence-electron chi connectivity index (χ2n) is 9.58. The predicted octanol–water partition coefficient (Wildman–Crippen LogP) is 3.55. The number of hydrogen-bond acceptors (Lipinski definition) is 3. The molecule has 0 N–H and O–H groups in total. The van der Waals surface area contributed by atoms with E-state index < -0.39 is 0 Å². The number of piperazine rings is 1. The van der Waals surface area contributed by atoms with Crippen LogP contribution < -0.4 is 0 Å². The van der Waals surface area contributed by atoms with Gasteiger partial charge in [-0.3, -0.25) is 4.90 Å². The van der Waals surface area contributed by atoms with Gasteiger partial charge in [0, 0.05) is 51.9 Å². The van der Waals surface area contributed by atoms with E-state index in [1.54, 1.807) is 0 Å². The molecule has 0 bridgehead atoms. The van der Waals surface area contributed by atoms with Gasteiger partial charge in [0.25, 0.3) is 0 Å². The Kier molecular flexibility index (Phi) is 6.26. The lowest BCUT2D eigenvalue weighted by Crippen LogP contribution is -2.50. The van der Waals surface area contributed by atoms with Gasteiger partial charge in [-0.2, -0.15) is 0 Å². The highest BCUT2D eigenvalue weighted by Crippen LogP contribution is 2.51. The maximum absolute atomic E-state index is 2.80. The predicted molar refractivity (Wildman–Crippen MR) is 103 cm³/mol. The molecule has 2 heterocycles. The topological polar surface area (TPSA) is 9.72 Å². The molecule has 3 heteroatoms. The van der Waals surface area contributed by atoms with Crippen LogP contribution in [0.1, 0.15) is 59.8 Å². The molecule has 140 valence electrons. The molecule has 0 aromatic carbocycles. The van der Waals surface area contributed by atoms with E-state index in [1.165, 1.54) is 84.5 Å². The Bertz CT molecular complexity index is 383. The smallest absolute Gasteiger partial charge is 0.0113 e. The maximum atomic E-state index is 2.80. The van der Waals surface area contributed by atoms with Crippen LogP contribution >= 0.6 is 0 Å². The number of hydrogen-bond donors (Lipinski definition) is 0. The molecule has 0 radical (unpaired) electrons. The highest BCUT2D eigenvalue weighted by Gasteiger charge is 2.44. The Morgan fingerprint density at radius 2 is 1.67 bits per heavy atom. The van der Waals surface area contributed by atoms with Crippen LogP contribution in [0.25, 0.3) is 0 Å². The van der Waals surface area contributed by atoms with Crippen molar-refractivity contribution in [1.29, 1.82) is 0 Å². The molecule has 3 fully saturated rings. The minimum atomic E-state index is 0.713. The summed E-state index contributed by atoms with van der Waals surface area (Å²) < 4.78 is 0. The molecule has 3 rings (SSSR count). The van der Waals surface area contributed by atoms with Gasteiger partial charge >= 0.3 is 0 Å². The van der Waals surface area contributed by atoms with Gasteiger partial charge in [0.05, 0.1) is 0 Å². The number of nitrogens with zero attached hydrogens (tertiary/aromatic N) is 3. The minimum Gasteiger partial charge on any atom is -0.302 e. The lowest BCUT2D eigenvalue weighted by Gasteiger charge is -2.38. The summed E-state index contributed by atoms with van der Waals surface area (Å²) in [6.45, 7) is 20.1. The summed E-state index contributed by atoms with van der Waals surface area (Å²) in [6, 6.07) is 0.768. The molecule has 1 saturated carbocycles. The van der Waals surface area contributed by atoms with Gasteiger partial charge in [-0.25, -0.2) is 0 Å². The van der Waals surface area contributed by atoms with Gasteiger partial charge in [0.15, 0.2) is 0 Å². The van der Waals surface area contributed by atoms with Gasteiger partial charge in [-0.05, 0) is 62.8 Å². The Hall–Kier alpha value is -0.120. The van der Waals surface area contributed by atoms with Crippen molar-refractivity contribution in [3.8, 4) is 0 Å². The van der Waals surface area contributed by atoms with Crippen LogP contribution in [0.5, 0.6) is 0 Å². The summed E-state index contributed by atoms with van der Waals surface area (Å²) in [5.74, 6) is 1.79. The zero-order valence-corrected chi connectivity index (χ0v) is 16.8. The van der Waals surface area contributed by atoms with E-state index in [0.29, 0.717) is 5.41 Å². The van der Waals surface area contributed by atoms with E-state index in [1.807, 2.05) is 0 Å². The SMILES string of the molecule is CCC(C)N1CCN(C[C@H]2CCN(CC3(CC(C)C)CC3)C2)CC1. The molecule has 0 amide bonds. The van der Waals surface area contributed by atoms with Crippen LogP contribution in [0.3, 0.4) is 0 Å². The van der Waals surface area contributed by atoms with Gasteiger partial charge in [-0.1, -0.05) is 20.8 Å². The third kappa shape index (κ3) is 4.95. The van der Waals surface area contributed by atoms with Gasteiger partial charge in [0.2, 0.25) is 0 Å². The first-order valence-electron chi connectivity index (χ1n) is 10.7. The van der Waals surface area contributed by atoms with Crippen molar-refractivity contribution in [2.45, 2.75) is 65.8 Å². The Balaban J connectivity index is 1.36. The second-order valence-corrected chi connectivity index (χ2v) is 9.58. The minimum absolute atomic E-state index is 0.713. The highest BCUT2D eigenvalue weighted by atomic mass is 15.3. The normalized spacial score (nSPS) is 30.1. The number of rotatable bonds is 8. The Morgan fingerprint density at radius 3 is 2.25 bits per heavy atom. The Labute approximate surface area is 150 Å². The zero-order chi connectivity index (χ0) is 17.2. The third-order valence-electron chi connectivity index (χ3n) is 6.86. The maximum Gasteiger partial charge on any atom is 0.0113 e. The van der Waals surface area contributed by atoms with Crippen molar-refractivity contribution < 1.29 is 0 Å². The first kappa shape index (κ1) is 18.7. The fourth-order valence-electron chi connectivity index (χ4n) is 5.16. The van der Waals surface area contributed by atoms with Crippen LogP contribution in [-0.4, -0.2) is 73.1 Å². The van der Waals surface area contributed by atoms with E-state index in [2.05, 4.69) is 42.4 Å². The van der Waals surface area contributed by atoms with Crippen molar-refractivity contribution in [2.24, 2.45) is 17.3 Å². The molecule has 2 atom stereocenters. The average Bonchev–Trinajstić information content (AvgIpc) is 3.15. The largest absolute Gasteiger partial charge is 0.302 e. The summed E-state index contributed by atoms with van der Waals surface area (Å²) in [7, 11) is 0. The van der Waals surface area contributed by atoms with Crippen LogP contribution in [0, 0.1) is 17.3 Å². The molecule has 0 spiro atoms. The zero-order valence-electron chi connectivity index (χ0n) is 16.8. The fourth-order valence-corrected chi connectivity index (χ4v) is 5.16. The summed E-state index contributed by atoms with van der Waals surface area (Å²) in [5.41, 5.74) is 0.713. The molecule has 2 aliphatic heterocycles. The summed E-state index contributed by atoms with van der Waals surface area (Å²) >= 11 is 0. The van der Waals surface area contributed by atoms with E-state index in [4.69, 9.17) is 0 Å². The van der Waals surface area contributed by atoms with Crippen LogP contribution in [-0.2, 0) is 0 Å². The fraction of sp³-hybridized carbons (Fsp3) is 1.00. The molecular weight excluding hydrogens is 294 g/mol. The monoisotopic (exact) mass is 335 g/mol. The highest BCUT2D eigenvalue weighted by molar-refractivity contribution is 4.97. The lowest BCUT2D eigenvalue weighted by atomic mass is 9.94. The van der Waals surface area contributed by atoms with Crippen LogP contribution in [0.4, 0.5) is 0 Å². The first-order valence-corrected chi connectivity index (χ1v) is 10.7. The molecule has 3 aliphatic rings. The summed E-state index contributed by atoms with van der Waals surface area (Å²) in [4.78, 5) is 8.23. The van der Waals surface area contributed by atoms with Gasteiger partial charge in [0.1, 0.15) is 0 Å². The molecule has 1 aliphatic carbocycles. The molecular formula is C21H41N3. The summed E-state index contributed by atoms with van der Waals surface area (Å²) in [5, 5.41) is 0. The van der Waals surface area contributed by atoms with Crippen LogP contribution in [0.15, 0.2) is 0 Å². The number of likely N-dealkylation sites (tertiary alicyclic amines) is 1. The Morgan fingerprint density at radius 1 is 0.958 bits per heavy atom. The first-order chi connectivity index (χ1) is 11.5. The van der Waals surface area contributed by atoms with Crippen molar-refractivity contribution in [2.75, 3.05) is 52.4 Å². The van der Waals surface area contributed by atoms with E-state index in [-0.39, 0.29) is 0 Å². The third-order valence-corrected chi connectivity index (χ3v) is 6.86. The molecule has 2 saturated heterocycles. The second kappa shape index (κ2) is 8.05. The molecule has 0 aromatic heterocycles.